The number of alkyl halides is 3. The van der Waals surface area contributed by atoms with E-state index in [0.29, 0.717) is 0 Å². The van der Waals surface area contributed by atoms with Gasteiger partial charge in [-0.2, -0.15) is 13.2 Å². The second-order valence-electron chi connectivity index (χ2n) is 3.15. The predicted molar refractivity (Wildman–Crippen MR) is 48.6 cm³/mol. The zero-order valence-electron chi connectivity index (χ0n) is 7.60. The maximum atomic E-state index is 12.2. The third kappa shape index (κ3) is 2.17. The molecule has 0 amide bonds. The van der Waals surface area contributed by atoms with Gasteiger partial charge in [0.05, 0.1) is 0 Å². The van der Waals surface area contributed by atoms with Crippen LogP contribution >= 0.6 is 0 Å². The molecule has 0 bridgehead atoms. The lowest BCUT2D eigenvalue weighted by Gasteiger charge is -2.17. The SMILES string of the molecule is Cc1ccc([C@@H](N)C(F)(F)F)c(N)c1. The molecule has 0 radical (unpaired) electrons. The molecule has 0 unspecified atom stereocenters. The quantitative estimate of drug-likeness (QED) is 0.688. The molecule has 1 rings (SSSR count). The normalized spacial score (nSPS) is 14.1. The summed E-state index contributed by atoms with van der Waals surface area (Å²) in [7, 11) is 0. The summed E-state index contributed by atoms with van der Waals surface area (Å²) in [5.41, 5.74) is 11.3. The van der Waals surface area contributed by atoms with Gasteiger partial charge in [0.1, 0.15) is 6.04 Å². The number of anilines is 1. The van der Waals surface area contributed by atoms with Gasteiger partial charge in [-0.3, -0.25) is 0 Å². The van der Waals surface area contributed by atoms with Crippen LogP contribution in [0.3, 0.4) is 0 Å². The van der Waals surface area contributed by atoms with Crippen molar-refractivity contribution in [3.05, 3.63) is 29.3 Å². The van der Waals surface area contributed by atoms with Crippen molar-refractivity contribution in [1.82, 2.24) is 0 Å². The second-order valence-corrected chi connectivity index (χ2v) is 3.15. The van der Waals surface area contributed by atoms with E-state index in [1.807, 2.05) is 0 Å². The highest BCUT2D eigenvalue weighted by Gasteiger charge is 2.38. The van der Waals surface area contributed by atoms with Crippen LogP contribution in [0.2, 0.25) is 0 Å². The van der Waals surface area contributed by atoms with Crippen LogP contribution in [-0.2, 0) is 0 Å². The first kappa shape index (κ1) is 10.8. The topological polar surface area (TPSA) is 52.0 Å². The molecular formula is C9H11F3N2. The van der Waals surface area contributed by atoms with E-state index >= 15 is 0 Å². The molecule has 1 aromatic carbocycles. The Kier molecular flexibility index (Phi) is 2.71. The van der Waals surface area contributed by atoms with E-state index in [0.717, 1.165) is 5.56 Å². The van der Waals surface area contributed by atoms with Crippen LogP contribution in [0.1, 0.15) is 17.2 Å². The molecule has 1 aromatic rings. The van der Waals surface area contributed by atoms with Crippen molar-refractivity contribution in [2.24, 2.45) is 5.73 Å². The van der Waals surface area contributed by atoms with E-state index in [1.54, 1.807) is 13.0 Å². The first-order valence-electron chi connectivity index (χ1n) is 4.00. The van der Waals surface area contributed by atoms with E-state index in [-0.39, 0.29) is 11.3 Å². The van der Waals surface area contributed by atoms with Gasteiger partial charge in [0, 0.05) is 11.3 Å². The fraction of sp³-hybridized carbons (Fsp3) is 0.333. The summed E-state index contributed by atoms with van der Waals surface area (Å²) < 4.78 is 36.7. The Labute approximate surface area is 79.7 Å². The van der Waals surface area contributed by atoms with Crippen LogP contribution in [0.5, 0.6) is 0 Å². The monoisotopic (exact) mass is 204 g/mol. The molecule has 5 heteroatoms. The third-order valence-corrected chi connectivity index (χ3v) is 1.93. The summed E-state index contributed by atoms with van der Waals surface area (Å²) in [6.07, 6.45) is -4.45. The highest BCUT2D eigenvalue weighted by atomic mass is 19.4. The molecule has 4 N–H and O–H groups in total. The van der Waals surface area contributed by atoms with Crippen LogP contribution in [0.15, 0.2) is 18.2 Å². The highest BCUT2D eigenvalue weighted by Crippen LogP contribution is 2.33. The number of hydrogen-bond donors (Lipinski definition) is 2. The number of rotatable bonds is 1. The van der Waals surface area contributed by atoms with Gasteiger partial charge < -0.3 is 11.5 Å². The van der Waals surface area contributed by atoms with E-state index in [4.69, 9.17) is 11.5 Å². The predicted octanol–water partition coefficient (Wildman–Crippen LogP) is 2.14. The Balaban J connectivity index is 3.08. The molecule has 2 nitrogen and oxygen atoms in total. The van der Waals surface area contributed by atoms with Crippen molar-refractivity contribution in [1.29, 1.82) is 0 Å². The Morgan fingerprint density at radius 3 is 2.29 bits per heavy atom. The first-order valence-corrected chi connectivity index (χ1v) is 4.00. The number of nitrogen functional groups attached to an aromatic ring is 1. The van der Waals surface area contributed by atoms with E-state index in [2.05, 4.69) is 0 Å². The lowest BCUT2D eigenvalue weighted by molar-refractivity contribution is -0.149. The maximum Gasteiger partial charge on any atom is 0.407 e. The summed E-state index contributed by atoms with van der Waals surface area (Å²) in [4.78, 5) is 0. The molecule has 0 aromatic heterocycles. The fourth-order valence-electron chi connectivity index (χ4n) is 1.15. The van der Waals surface area contributed by atoms with Crippen LogP contribution in [0.4, 0.5) is 18.9 Å². The van der Waals surface area contributed by atoms with Crippen molar-refractivity contribution in [3.63, 3.8) is 0 Å². The van der Waals surface area contributed by atoms with Crippen LogP contribution < -0.4 is 11.5 Å². The van der Waals surface area contributed by atoms with E-state index in [1.165, 1.54) is 12.1 Å². The average molecular weight is 204 g/mol. The third-order valence-electron chi connectivity index (χ3n) is 1.93. The fourth-order valence-corrected chi connectivity index (χ4v) is 1.15. The Hall–Kier alpha value is -1.23. The number of benzene rings is 1. The molecule has 0 saturated heterocycles. The minimum Gasteiger partial charge on any atom is -0.398 e. The van der Waals surface area contributed by atoms with Gasteiger partial charge in [0.25, 0.3) is 0 Å². The van der Waals surface area contributed by atoms with Gasteiger partial charge in [0.2, 0.25) is 0 Å². The highest BCUT2D eigenvalue weighted by molar-refractivity contribution is 5.50. The summed E-state index contributed by atoms with van der Waals surface area (Å²) >= 11 is 0. The van der Waals surface area contributed by atoms with E-state index in [9.17, 15) is 13.2 Å². The smallest absolute Gasteiger partial charge is 0.398 e. The van der Waals surface area contributed by atoms with E-state index < -0.39 is 12.2 Å². The molecule has 0 aliphatic heterocycles. The Morgan fingerprint density at radius 2 is 1.86 bits per heavy atom. The zero-order valence-corrected chi connectivity index (χ0v) is 7.60. The number of hydrogen-bond acceptors (Lipinski definition) is 2. The first-order chi connectivity index (χ1) is 6.32. The number of halogens is 3. The lowest BCUT2D eigenvalue weighted by atomic mass is 10.0. The van der Waals surface area contributed by atoms with Crippen LogP contribution in [0, 0.1) is 6.92 Å². The molecular weight excluding hydrogens is 193 g/mol. The minimum absolute atomic E-state index is 0.0785. The molecule has 0 heterocycles. The van der Waals surface area contributed by atoms with Crippen molar-refractivity contribution in [2.45, 2.75) is 19.1 Å². The Morgan fingerprint density at radius 1 is 1.29 bits per heavy atom. The van der Waals surface area contributed by atoms with Crippen LogP contribution in [0.25, 0.3) is 0 Å². The number of aryl methyl sites for hydroxylation is 1. The second kappa shape index (κ2) is 3.49. The summed E-state index contributed by atoms with van der Waals surface area (Å²) in [6, 6.07) is 2.32. The van der Waals surface area contributed by atoms with Gasteiger partial charge in [-0.15, -0.1) is 0 Å². The molecule has 0 aliphatic carbocycles. The van der Waals surface area contributed by atoms with Crippen molar-refractivity contribution < 1.29 is 13.2 Å². The number of nitrogens with two attached hydrogens (primary N) is 2. The summed E-state index contributed by atoms with van der Waals surface area (Å²) in [6.45, 7) is 1.75. The lowest BCUT2D eigenvalue weighted by Crippen LogP contribution is -2.29. The van der Waals surface area contributed by atoms with Crippen LogP contribution in [-0.4, -0.2) is 6.18 Å². The van der Waals surface area contributed by atoms with Crippen molar-refractivity contribution in [2.75, 3.05) is 5.73 Å². The minimum atomic E-state index is -4.45. The maximum absolute atomic E-state index is 12.2. The van der Waals surface area contributed by atoms with Gasteiger partial charge in [-0.05, 0) is 18.6 Å². The molecule has 78 valence electrons. The standard InChI is InChI=1S/C9H11F3N2/c1-5-2-3-6(7(13)4-5)8(14)9(10,11)12/h2-4,8H,13-14H2,1H3/t8-/m1/s1. The molecule has 0 fully saturated rings. The average Bonchev–Trinajstić information content (AvgIpc) is 2.01. The van der Waals surface area contributed by atoms with Gasteiger partial charge in [-0.1, -0.05) is 12.1 Å². The summed E-state index contributed by atoms with van der Waals surface area (Å²) in [5.74, 6) is 0. The summed E-state index contributed by atoms with van der Waals surface area (Å²) in [5, 5.41) is 0. The van der Waals surface area contributed by atoms with Gasteiger partial charge in [0.15, 0.2) is 0 Å². The van der Waals surface area contributed by atoms with Gasteiger partial charge in [-0.25, -0.2) is 0 Å². The molecule has 14 heavy (non-hydrogen) atoms. The molecule has 1 atom stereocenters. The zero-order chi connectivity index (χ0) is 10.9. The molecule has 0 aliphatic rings. The molecule has 0 spiro atoms. The van der Waals surface area contributed by atoms with Gasteiger partial charge >= 0.3 is 6.18 Å². The Bertz CT molecular complexity index is 333. The largest absolute Gasteiger partial charge is 0.407 e. The van der Waals surface area contributed by atoms with Crippen molar-refractivity contribution in [3.8, 4) is 0 Å². The molecule has 0 saturated carbocycles. The van der Waals surface area contributed by atoms with Crippen molar-refractivity contribution >= 4 is 5.69 Å².